The summed E-state index contributed by atoms with van der Waals surface area (Å²) >= 11 is 0. The largest absolute Gasteiger partial charge is 0.478 e. The highest BCUT2D eigenvalue weighted by Gasteiger charge is 2.10. The predicted molar refractivity (Wildman–Crippen MR) is 67.4 cm³/mol. The molecule has 0 radical (unpaired) electrons. The third-order valence-corrected chi connectivity index (χ3v) is 2.83. The van der Waals surface area contributed by atoms with Crippen LogP contribution < -0.4 is 10.1 Å². The van der Waals surface area contributed by atoms with Gasteiger partial charge in [0, 0.05) is 25.4 Å². The summed E-state index contributed by atoms with van der Waals surface area (Å²) < 4.78 is 5.32. The van der Waals surface area contributed by atoms with E-state index in [1.54, 1.807) is 12.3 Å². The molecule has 0 unspecified atom stereocenters. The van der Waals surface area contributed by atoms with Crippen molar-refractivity contribution in [3.05, 3.63) is 12.3 Å². The van der Waals surface area contributed by atoms with Gasteiger partial charge in [0.2, 0.25) is 11.8 Å². The van der Waals surface area contributed by atoms with Crippen molar-refractivity contribution in [2.45, 2.75) is 19.8 Å². The van der Waals surface area contributed by atoms with Crippen LogP contribution in [-0.4, -0.2) is 47.7 Å². The second-order valence-corrected chi connectivity index (χ2v) is 4.13. The van der Waals surface area contributed by atoms with E-state index in [0.29, 0.717) is 18.4 Å². The molecule has 0 amide bonds. The number of ether oxygens (including phenoxy) is 1. The predicted octanol–water partition coefficient (Wildman–Crippen LogP) is 1.38. The smallest absolute Gasteiger partial charge is 0.225 e. The Morgan fingerprint density at radius 3 is 3.00 bits per heavy atom. The van der Waals surface area contributed by atoms with Crippen LogP contribution in [0.2, 0.25) is 0 Å². The van der Waals surface area contributed by atoms with Gasteiger partial charge < -0.3 is 15.0 Å². The van der Waals surface area contributed by atoms with Crippen molar-refractivity contribution >= 4 is 5.95 Å². The zero-order valence-electron chi connectivity index (χ0n) is 10.4. The van der Waals surface area contributed by atoms with Crippen LogP contribution in [0.5, 0.6) is 5.88 Å². The molecule has 17 heavy (non-hydrogen) atoms. The molecule has 1 aromatic rings. The van der Waals surface area contributed by atoms with Gasteiger partial charge in [-0.25, -0.2) is 4.98 Å². The Labute approximate surface area is 102 Å². The zero-order chi connectivity index (χ0) is 11.9. The highest BCUT2D eigenvalue weighted by Crippen LogP contribution is 2.09. The maximum atomic E-state index is 5.32. The van der Waals surface area contributed by atoms with E-state index in [-0.39, 0.29) is 0 Å². The number of rotatable bonds is 6. The zero-order valence-corrected chi connectivity index (χ0v) is 10.4. The molecule has 0 atom stereocenters. The van der Waals surface area contributed by atoms with E-state index in [4.69, 9.17) is 4.74 Å². The number of aromatic nitrogens is 2. The number of hydrogen-bond acceptors (Lipinski definition) is 5. The third kappa shape index (κ3) is 3.85. The van der Waals surface area contributed by atoms with E-state index in [1.165, 1.54) is 25.9 Å². The maximum Gasteiger partial charge on any atom is 0.225 e. The number of hydrogen-bond donors (Lipinski definition) is 1. The lowest BCUT2D eigenvalue weighted by molar-refractivity contribution is 0.326. The van der Waals surface area contributed by atoms with Crippen molar-refractivity contribution in [1.82, 2.24) is 14.9 Å². The van der Waals surface area contributed by atoms with Crippen LogP contribution in [-0.2, 0) is 0 Å². The standard InChI is InChI=1S/C12H20N4O/c1-2-17-11-5-6-13-12(15-11)14-7-10-16-8-3-4-9-16/h5-6H,2-4,7-10H2,1H3,(H,13,14,15). The second kappa shape index (κ2) is 6.39. The molecule has 5 heteroatoms. The van der Waals surface area contributed by atoms with Crippen LogP contribution >= 0.6 is 0 Å². The number of likely N-dealkylation sites (tertiary alicyclic amines) is 1. The van der Waals surface area contributed by atoms with Crippen LogP contribution in [0.25, 0.3) is 0 Å². The first-order chi connectivity index (χ1) is 8.38. The Bertz CT molecular complexity index is 339. The Balaban J connectivity index is 1.75. The molecule has 1 N–H and O–H groups in total. The monoisotopic (exact) mass is 236 g/mol. The SMILES string of the molecule is CCOc1ccnc(NCCN2CCCC2)n1. The lowest BCUT2D eigenvalue weighted by Crippen LogP contribution is -2.26. The molecule has 0 spiro atoms. The topological polar surface area (TPSA) is 50.3 Å². The molecule has 0 bridgehead atoms. The first-order valence-corrected chi connectivity index (χ1v) is 6.30. The van der Waals surface area contributed by atoms with Crippen LogP contribution in [0.1, 0.15) is 19.8 Å². The third-order valence-electron chi connectivity index (χ3n) is 2.83. The summed E-state index contributed by atoms with van der Waals surface area (Å²) in [7, 11) is 0. The van der Waals surface area contributed by atoms with Gasteiger partial charge in [-0.15, -0.1) is 0 Å². The molecule has 1 aliphatic rings. The first-order valence-electron chi connectivity index (χ1n) is 6.30. The van der Waals surface area contributed by atoms with Crippen LogP contribution in [0.4, 0.5) is 5.95 Å². The van der Waals surface area contributed by atoms with Crippen LogP contribution in [0.15, 0.2) is 12.3 Å². The molecule has 0 aliphatic carbocycles. The molecular formula is C12H20N4O. The van der Waals surface area contributed by atoms with Gasteiger partial charge in [-0.2, -0.15) is 4.98 Å². The van der Waals surface area contributed by atoms with Gasteiger partial charge in [0.25, 0.3) is 0 Å². The minimum absolute atomic E-state index is 0.629. The van der Waals surface area contributed by atoms with Crippen LogP contribution in [0, 0.1) is 0 Å². The van der Waals surface area contributed by atoms with Crippen molar-refractivity contribution in [3.63, 3.8) is 0 Å². The molecule has 0 saturated carbocycles. The second-order valence-electron chi connectivity index (χ2n) is 4.13. The summed E-state index contributed by atoms with van der Waals surface area (Å²) in [4.78, 5) is 10.9. The van der Waals surface area contributed by atoms with Gasteiger partial charge in [-0.1, -0.05) is 0 Å². The minimum atomic E-state index is 0.629. The van der Waals surface area contributed by atoms with Gasteiger partial charge in [0.15, 0.2) is 0 Å². The summed E-state index contributed by atoms with van der Waals surface area (Å²) in [6.45, 7) is 6.97. The normalized spacial score (nSPS) is 16.1. The fraction of sp³-hybridized carbons (Fsp3) is 0.667. The average molecular weight is 236 g/mol. The van der Waals surface area contributed by atoms with Crippen molar-refractivity contribution < 1.29 is 4.74 Å². The fourth-order valence-electron chi connectivity index (χ4n) is 1.99. The van der Waals surface area contributed by atoms with Gasteiger partial charge in [0.05, 0.1) is 6.61 Å². The van der Waals surface area contributed by atoms with Crippen molar-refractivity contribution in [2.24, 2.45) is 0 Å². The van der Waals surface area contributed by atoms with E-state index in [1.807, 2.05) is 6.92 Å². The first kappa shape index (κ1) is 12.1. The summed E-state index contributed by atoms with van der Waals surface area (Å²) in [5.41, 5.74) is 0. The molecule has 1 aromatic heterocycles. The van der Waals surface area contributed by atoms with E-state index >= 15 is 0 Å². The highest BCUT2D eigenvalue weighted by atomic mass is 16.5. The highest BCUT2D eigenvalue weighted by molar-refractivity contribution is 5.27. The summed E-state index contributed by atoms with van der Waals surface area (Å²) in [5.74, 6) is 1.28. The Hall–Kier alpha value is -1.36. The lowest BCUT2D eigenvalue weighted by atomic mass is 10.4. The molecule has 94 valence electrons. The van der Waals surface area contributed by atoms with E-state index in [9.17, 15) is 0 Å². The van der Waals surface area contributed by atoms with Gasteiger partial charge in [0.1, 0.15) is 0 Å². The molecule has 2 heterocycles. The Kier molecular flexibility index (Phi) is 4.55. The minimum Gasteiger partial charge on any atom is -0.478 e. The number of nitrogens with zero attached hydrogens (tertiary/aromatic N) is 3. The molecular weight excluding hydrogens is 216 g/mol. The molecule has 1 fully saturated rings. The average Bonchev–Trinajstić information content (AvgIpc) is 2.83. The van der Waals surface area contributed by atoms with Gasteiger partial charge >= 0.3 is 0 Å². The molecule has 2 rings (SSSR count). The number of nitrogens with one attached hydrogen (secondary N) is 1. The molecule has 5 nitrogen and oxygen atoms in total. The quantitative estimate of drug-likeness (QED) is 0.808. The van der Waals surface area contributed by atoms with Crippen LogP contribution in [0.3, 0.4) is 0 Å². The lowest BCUT2D eigenvalue weighted by Gasteiger charge is -2.14. The van der Waals surface area contributed by atoms with Gasteiger partial charge in [-0.05, 0) is 32.9 Å². The molecule has 1 saturated heterocycles. The van der Waals surface area contributed by atoms with E-state index < -0.39 is 0 Å². The number of anilines is 1. The molecule has 1 aliphatic heterocycles. The Morgan fingerprint density at radius 2 is 2.24 bits per heavy atom. The van der Waals surface area contributed by atoms with Gasteiger partial charge in [-0.3, -0.25) is 0 Å². The van der Waals surface area contributed by atoms with Crippen molar-refractivity contribution in [2.75, 3.05) is 38.1 Å². The summed E-state index contributed by atoms with van der Waals surface area (Å²) in [6.07, 6.45) is 4.38. The molecule has 0 aromatic carbocycles. The van der Waals surface area contributed by atoms with E-state index in [2.05, 4.69) is 20.2 Å². The maximum absolute atomic E-state index is 5.32. The summed E-state index contributed by atoms with van der Waals surface area (Å²) in [5, 5.41) is 3.23. The van der Waals surface area contributed by atoms with E-state index in [0.717, 1.165) is 13.1 Å². The summed E-state index contributed by atoms with van der Waals surface area (Å²) in [6, 6.07) is 1.77. The van der Waals surface area contributed by atoms with Crippen molar-refractivity contribution in [3.8, 4) is 5.88 Å². The fourth-order valence-corrected chi connectivity index (χ4v) is 1.99. The Morgan fingerprint density at radius 1 is 1.41 bits per heavy atom. The van der Waals surface area contributed by atoms with Crippen molar-refractivity contribution in [1.29, 1.82) is 0 Å².